The van der Waals surface area contributed by atoms with Crippen LogP contribution in [0.15, 0.2) is 29.3 Å². The number of hydrogen-bond acceptors (Lipinski definition) is 4. The molecular formula is C22H37IN4O3. The SMILES string of the molecule is CCNC(=NCc1ccc(C(=O)N2CCCCC2)cc1)NCCCOCCOC.I. The van der Waals surface area contributed by atoms with Gasteiger partial charge in [0.15, 0.2) is 5.96 Å². The Labute approximate surface area is 198 Å². The molecule has 2 rings (SSSR count). The van der Waals surface area contributed by atoms with Crippen molar-refractivity contribution in [3.63, 3.8) is 0 Å². The van der Waals surface area contributed by atoms with Crippen molar-refractivity contribution in [2.24, 2.45) is 4.99 Å². The Hall–Kier alpha value is -1.39. The van der Waals surface area contributed by atoms with Crippen LogP contribution in [0.25, 0.3) is 0 Å². The first-order chi connectivity index (χ1) is 14.2. The summed E-state index contributed by atoms with van der Waals surface area (Å²) in [5.41, 5.74) is 1.85. The van der Waals surface area contributed by atoms with E-state index in [4.69, 9.17) is 9.47 Å². The van der Waals surface area contributed by atoms with Gasteiger partial charge in [-0.2, -0.15) is 0 Å². The lowest BCUT2D eigenvalue weighted by Crippen LogP contribution is -2.38. The molecule has 1 heterocycles. The molecule has 0 saturated carbocycles. The van der Waals surface area contributed by atoms with Crippen molar-refractivity contribution >= 4 is 35.8 Å². The van der Waals surface area contributed by atoms with E-state index in [1.165, 1.54) is 6.42 Å². The van der Waals surface area contributed by atoms with E-state index in [0.29, 0.717) is 26.4 Å². The number of rotatable bonds is 11. The third-order valence-electron chi connectivity index (χ3n) is 4.80. The molecule has 2 N–H and O–H groups in total. The second-order valence-electron chi connectivity index (χ2n) is 7.13. The van der Waals surface area contributed by atoms with E-state index in [0.717, 1.165) is 62.5 Å². The van der Waals surface area contributed by atoms with Crippen LogP contribution in [0.5, 0.6) is 0 Å². The quantitative estimate of drug-likeness (QED) is 0.198. The number of aliphatic imine (C=N–C) groups is 1. The minimum absolute atomic E-state index is 0. The van der Waals surface area contributed by atoms with Crippen LogP contribution in [0, 0.1) is 0 Å². The molecule has 1 fully saturated rings. The highest BCUT2D eigenvalue weighted by atomic mass is 127. The van der Waals surface area contributed by atoms with Crippen molar-refractivity contribution < 1.29 is 14.3 Å². The standard InChI is InChI=1S/C22H36N4O3.HI/c1-3-23-22(24-12-7-15-29-17-16-28-2)25-18-19-8-10-20(11-9-19)21(27)26-13-5-4-6-14-26;/h8-11H,3-7,12-18H2,1-2H3,(H2,23,24,25);1H. The zero-order valence-corrected chi connectivity index (χ0v) is 20.7. The normalized spacial score (nSPS) is 14.2. The van der Waals surface area contributed by atoms with E-state index in [9.17, 15) is 4.79 Å². The van der Waals surface area contributed by atoms with Gasteiger partial charge in [0.05, 0.1) is 19.8 Å². The first kappa shape index (κ1) is 26.6. The molecule has 30 heavy (non-hydrogen) atoms. The van der Waals surface area contributed by atoms with Gasteiger partial charge in [-0.15, -0.1) is 24.0 Å². The maximum Gasteiger partial charge on any atom is 0.253 e. The number of nitrogens with zero attached hydrogens (tertiary/aromatic N) is 2. The number of carbonyl (C=O) groups is 1. The van der Waals surface area contributed by atoms with E-state index in [2.05, 4.69) is 15.6 Å². The molecule has 0 atom stereocenters. The van der Waals surface area contributed by atoms with Crippen LogP contribution < -0.4 is 10.6 Å². The van der Waals surface area contributed by atoms with Crippen LogP contribution in [-0.2, 0) is 16.0 Å². The number of methoxy groups -OCH3 is 1. The zero-order valence-electron chi connectivity index (χ0n) is 18.3. The van der Waals surface area contributed by atoms with Gasteiger partial charge in [0.25, 0.3) is 5.91 Å². The lowest BCUT2D eigenvalue weighted by atomic mass is 10.1. The Balaban J connectivity index is 0.00000450. The van der Waals surface area contributed by atoms with Gasteiger partial charge in [-0.1, -0.05) is 12.1 Å². The summed E-state index contributed by atoms with van der Waals surface area (Å²) in [4.78, 5) is 19.1. The van der Waals surface area contributed by atoms with Gasteiger partial charge in [0.1, 0.15) is 0 Å². The second kappa shape index (κ2) is 16.3. The molecule has 0 radical (unpaired) electrons. The van der Waals surface area contributed by atoms with E-state index < -0.39 is 0 Å². The van der Waals surface area contributed by atoms with Crippen LogP contribution in [-0.4, -0.2) is 69.9 Å². The number of amides is 1. The second-order valence-corrected chi connectivity index (χ2v) is 7.13. The lowest BCUT2D eigenvalue weighted by molar-refractivity contribution is 0.0698. The molecule has 0 unspecified atom stereocenters. The molecule has 1 aliphatic heterocycles. The molecule has 1 saturated heterocycles. The molecular weight excluding hydrogens is 495 g/mol. The average molecular weight is 532 g/mol. The summed E-state index contributed by atoms with van der Waals surface area (Å²) < 4.78 is 10.4. The number of piperidine rings is 1. The van der Waals surface area contributed by atoms with Crippen molar-refractivity contribution in [3.05, 3.63) is 35.4 Å². The fourth-order valence-corrected chi connectivity index (χ4v) is 3.17. The first-order valence-corrected chi connectivity index (χ1v) is 10.7. The lowest BCUT2D eigenvalue weighted by Gasteiger charge is -2.26. The molecule has 1 aromatic carbocycles. The fourth-order valence-electron chi connectivity index (χ4n) is 3.17. The summed E-state index contributed by atoms with van der Waals surface area (Å²) in [6.07, 6.45) is 4.35. The Morgan fingerprint density at radius 2 is 1.80 bits per heavy atom. The van der Waals surface area contributed by atoms with Crippen LogP contribution in [0.4, 0.5) is 0 Å². The van der Waals surface area contributed by atoms with E-state index >= 15 is 0 Å². The number of hydrogen-bond donors (Lipinski definition) is 2. The Kier molecular flexibility index (Phi) is 14.5. The Morgan fingerprint density at radius 3 is 2.47 bits per heavy atom. The number of ether oxygens (including phenoxy) is 2. The van der Waals surface area contributed by atoms with E-state index in [-0.39, 0.29) is 29.9 Å². The van der Waals surface area contributed by atoms with Crippen molar-refractivity contribution in [1.29, 1.82) is 0 Å². The molecule has 170 valence electrons. The largest absolute Gasteiger partial charge is 0.382 e. The van der Waals surface area contributed by atoms with Crippen molar-refractivity contribution in [2.75, 3.05) is 53.1 Å². The molecule has 1 aliphatic rings. The fraction of sp³-hybridized carbons (Fsp3) is 0.636. The van der Waals surface area contributed by atoms with Gasteiger partial charge >= 0.3 is 0 Å². The third-order valence-corrected chi connectivity index (χ3v) is 4.80. The van der Waals surface area contributed by atoms with Crippen LogP contribution in [0.1, 0.15) is 48.5 Å². The Morgan fingerprint density at radius 1 is 1.07 bits per heavy atom. The van der Waals surface area contributed by atoms with Gasteiger partial charge in [-0.05, 0) is 50.3 Å². The summed E-state index contributed by atoms with van der Waals surface area (Å²) >= 11 is 0. The van der Waals surface area contributed by atoms with Crippen molar-refractivity contribution in [1.82, 2.24) is 15.5 Å². The van der Waals surface area contributed by atoms with Crippen molar-refractivity contribution in [3.8, 4) is 0 Å². The Bertz CT molecular complexity index is 619. The summed E-state index contributed by atoms with van der Waals surface area (Å²) in [7, 11) is 1.67. The molecule has 0 bridgehead atoms. The predicted octanol–water partition coefficient (Wildman–Crippen LogP) is 3.04. The topological polar surface area (TPSA) is 75.2 Å². The van der Waals surface area contributed by atoms with Crippen LogP contribution >= 0.6 is 24.0 Å². The first-order valence-electron chi connectivity index (χ1n) is 10.7. The molecule has 7 nitrogen and oxygen atoms in total. The number of halogens is 1. The number of likely N-dealkylation sites (tertiary alicyclic amines) is 1. The highest BCUT2D eigenvalue weighted by Gasteiger charge is 2.17. The van der Waals surface area contributed by atoms with Gasteiger partial charge in [0.2, 0.25) is 0 Å². The van der Waals surface area contributed by atoms with E-state index in [1.54, 1.807) is 7.11 Å². The van der Waals surface area contributed by atoms with E-state index in [1.807, 2.05) is 36.1 Å². The summed E-state index contributed by atoms with van der Waals surface area (Å²) in [6.45, 7) is 7.91. The minimum atomic E-state index is 0. The summed E-state index contributed by atoms with van der Waals surface area (Å²) in [5, 5.41) is 6.58. The number of benzene rings is 1. The highest BCUT2D eigenvalue weighted by molar-refractivity contribution is 14.0. The van der Waals surface area contributed by atoms with Crippen LogP contribution in [0.3, 0.4) is 0 Å². The molecule has 8 heteroatoms. The van der Waals surface area contributed by atoms with Crippen molar-refractivity contribution in [2.45, 2.75) is 39.2 Å². The monoisotopic (exact) mass is 532 g/mol. The smallest absolute Gasteiger partial charge is 0.253 e. The average Bonchev–Trinajstić information content (AvgIpc) is 2.77. The molecule has 1 amide bonds. The predicted molar refractivity (Wildman–Crippen MR) is 132 cm³/mol. The molecule has 0 spiro atoms. The van der Waals surface area contributed by atoms with Gasteiger partial charge in [-0.3, -0.25) is 4.79 Å². The molecule has 0 aromatic heterocycles. The molecule has 0 aliphatic carbocycles. The summed E-state index contributed by atoms with van der Waals surface area (Å²) in [5.74, 6) is 0.931. The third kappa shape index (κ3) is 10.1. The highest BCUT2D eigenvalue weighted by Crippen LogP contribution is 2.14. The zero-order chi connectivity index (χ0) is 20.7. The minimum Gasteiger partial charge on any atom is -0.382 e. The number of nitrogens with one attached hydrogen (secondary N) is 2. The van der Waals surface area contributed by atoms with Crippen LogP contribution in [0.2, 0.25) is 0 Å². The summed E-state index contributed by atoms with van der Waals surface area (Å²) in [6, 6.07) is 7.82. The van der Waals surface area contributed by atoms with Gasteiger partial charge < -0.3 is 25.0 Å². The number of carbonyl (C=O) groups excluding carboxylic acids is 1. The number of guanidine groups is 1. The van der Waals surface area contributed by atoms with Gasteiger partial charge in [0, 0.05) is 45.5 Å². The van der Waals surface area contributed by atoms with Gasteiger partial charge in [-0.25, -0.2) is 4.99 Å². The maximum atomic E-state index is 12.6. The maximum absolute atomic E-state index is 12.6. The molecule has 1 aromatic rings.